The van der Waals surface area contributed by atoms with Crippen molar-refractivity contribution in [2.75, 3.05) is 19.8 Å². The van der Waals surface area contributed by atoms with Gasteiger partial charge in [0.05, 0.1) is 19.3 Å². The normalized spacial score (nSPS) is 23.5. The minimum absolute atomic E-state index is 0.354. The summed E-state index contributed by atoms with van der Waals surface area (Å²) in [5.41, 5.74) is 5.68. The lowest BCUT2D eigenvalue weighted by atomic mass is 9.94. The van der Waals surface area contributed by atoms with E-state index in [1.54, 1.807) is 5.56 Å². The summed E-state index contributed by atoms with van der Waals surface area (Å²) in [6.07, 6.45) is 5.09. The molecule has 2 heterocycles. The SMILES string of the molecule is c1cc2[nH]c3c(c2cc1C1COCCN1)CCCC3. The summed E-state index contributed by atoms with van der Waals surface area (Å²) in [7, 11) is 0. The first-order valence-electron chi connectivity index (χ1n) is 7.36. The number of fused-ring (bicyclic) bond motifs is 3. The Balaban J connectivity index is 1.77. The number of aromatic amines is 1. The number of aryl methyl sites for hydroxylation is 2. The highest BCUT2D eigenvalue weighted by atomic mass is 16.5. The molecule has 100 valence electrons. The van der Waals surface area contributed by atoms with Crippen LogP contribution in [0.4, 0.5) is 0 Å². The average molecular weight is 256 g/mol. The van der Waals surface area contributed by atoms with Crippen molar-refractivity contribution in [1.82, 2.24) is 10.3 Å². The lowest BCUT2D eigenvalue weighted by Crippen LogP contribution is -2.34. The van der Waals surface area contributed by atoms with E-state index in [2.05, 4.69) is 28.5 Å². The lowest BCUT2D eigenvalue weighted by molar-refractivity contribution is 0.0769. The third-order valence-electron chi connectivity index (χ3n) is 4.45. The van der Waals surface area contributed by atoms with E-state index >= 15 is 0 Å². The Labute approximate surface area is 113 Å². The van der Waals surface area contributed by atoms with Crippen LogP contribution in [0.25, 0.3) is 10.9 Å². The number of ether oxygens (including phenoxy) is 1. The van der Waals surface area contributed by atoms with Crippen molar-refractivity contribution in [3.05, 3.63) is 35.0 Å². The Morgan fingerprint density at radius 2 is 2.11 bits per heavy atom. The fourth-order valence-electron chi connectivity index (χ4n) is 3.42. The molecule has 4 rings (SSSR count). The van der Waals surface area contributed by atoms with E-state index in [0.717, 1.165) is 19.8 Å². The summed E-state index contributed by atoms with van der Waals surface area (Å²) in [5.74, 6) is 0. The monoisotopic (exact) mass is 256 g/mol. The maximum absolute atomic E-state index is 5.57. The third kappa shape index (κ3) is 1.97. The molecule has 1 aromatic heterocycles. The second kappa shape index (κ2) is 4.66. The fraction of sp³-hybridized carbons (Fsp3) is 0.500. The van der Waals surface area contributed by atoms with E-state index < -0.39 is 0 Å². The molecule has 0 amide bonds. The number of hydrogen-bond acceptors (Lipinski definition) is 2. The Morgan fingerprint density at radius 3 is 3.00 bits per heavy atom. The highest BCUT2D eigenvalue weighted by Gasteiger charge is 2.19. The van der Waals surface area contributed by atoms with Crippen LogP contribution in [0.15, 0.2) is 18.2 Å². The van der Waals surface area contributed by atoms with Gasteiger partial charge >= 0.3 is 0 Å². The van der Waals surface area contributed by atoms with Crippen molar-refractivity contribution in [1.29, 1.82) is 0 Å². The van der Waals surface area contributed by atoms with Crippen molar-refractivity contribution < 1.29 is 4.74 Å². The van der Waals surface area contributed by atoms with Gasteiger partial charge in [0.25, 0.3) is 0 Å². The van der Waals surface area contributed by atoms with Crippen molar-refractivity contribution in [2.45, 2.75) is 31.7 Å². The molecule has 1 aliphatic carbocycles. The molecule has 1 unspecified atom stereocenters. The minimum Gasteiger partial charge on any atom is -0.378 e. The smallest absolute Gasteiger partial charge is 0.0662 e. The van der Waals surface area contributed by atoms with E-state index in [0.29, 0.717) is 6.04 Å². The quantitative estimate of drug-likeness (QED) is 0.823. The number of H-pyrrole nitrogens is 1. The van der Waals surface area contributed by atoms with Crippen LogP contribution in [0, 0.1) is 0 Å². The summed E-state index contributed by atoms with van der Waals surface area (Å²) < 4.78 is 5.57. The molecule has 1 aliphatic heterocycles. The molecular weight excluding hydrogens is 236 g/mol. The standard InChI is InChI=1S/C16H20N2O/c1-2-4-14-12(3-1)13-9-11(5-6-15(13)18-14)16-10-19-8-7-17-16/h5-6,9,16-18H,1-4,7-8,10H2. The molecule has 0 radical (unpaired) electrons. The summed E-state index contributed by atoms with van der Waals surface area (Å²) in [5, 5.41) is 4.97. The number of aromatic nitrogens is 1. The number of nitrogens with one attached hydrogen (secondary N) is 2. The zero-order chi connectivity index (χ0) is 12.7. The number of hydrogen-bond donors (Lipinski definition) is 2. The first kappa shape index (κ1) is 11.5. The topological polar surface area (TPSA) is 37.0 Å². The van der Waals surface area contributed by atoms with E-state index in [1.807, 2.05) is 0 Å². The summed E-state index contributed by atoms with van der Waals surface area (Å²) in [6, 6.07) is 7.19. The van der Waals surface area contributed by atoms with Gasteiger partial charge in [0.15, 0.2) is 0 Å². The largest absolute Gasteiger partial charge is 0.378 e. The zero-order valence-corrected chi connectivity index (χ0v) is 11.2. The molecule has 1 atom stereocenters. The molecule has 3 nitrogen and oxygen atoms in total. The Hall–Kier alpha value is -1.32. The number of morpholine rings is 1. The highest BCUT2D eigenvalue weighted by molar-refractivity contribution is 5.85. The Kier molecular flexibility index (Phi) is 2.82. The van der Waals surface area contributed by atoms with Crippen molar-refractivity contribution in [2.24, 2.45) is 0 Å². The molecule has 2 aromatic rings. The molecule has 2 N–H and O–H groups in total. The van der Waals surface area contributed by atoms with Crippen LogP contribution in [0.2, 0.25) is 0 Å². The fourth-order valence-corrected chi connectivity index (χ4v) is 3.42. The van der Waals surface area contributed by atoms with Gasteiger partial charge < -0.3 is 15.0 Å². The molecule has 2 aliphatic rings. The molecule has 0 saturated carbocycles. The molecule has 19 heavy (non-hydrogen) atoms. The average Bonchev–Trinajstić information content (AvgIpc) is 2.86. The highest BCUT2D eigenvalue weighted by Crippen LogP contribution is 2.31. The maximum Gasteiger partial charge on any atom is 0.0662 e. The van der Waals surface area contributed by atoms with Gasteiger partial charge in [0.2, 0.25) is 0 Å². The van der Waals surface area contributed by atoms with Crippen molar-refractivity contribution >= 4 is 10.9 Å². The predicted octanol–water partition coefficient (Wildman–Crippen LogP) is 2.71. The van der Waals surface area contributed by atoms with Gasteiger partial charge in [0.1, 0.15) is 0 Å². The van der Waals surface area contributed by atoms with Crippen LogP contribution in [0.3, 0.4) is 0 Å². The molecule has 1 aromatic carbocycles. The second-order valence-electron chi connectivity index (χ2n) is 5.68. The van der Waals surface area contributed by atoms with Gasteiger partial charge in [-0.3, -0.25) is 0 Å². The molecule has 1 saturated heterocycles. The van der Waals surface area contributed by atoms with Crippen LogP contribution >= 0.6 is 0 Å². The Bertz CT molecular complexity index is 596. The zero-order valence-electron chi connectivity index (χ0n) is 11.2. The second-order valence-corrected chi connectivity index (χ2v) is 5.68. The van der Waals surface area contributed by atoms with E-state index in [1.165, 1.54) is 47.8 Å². The minimum atomic E-state index is 0.354. The van der Waals surface area contributed by atoms with Gasteiger partial charge in [-0.1, -0.05) is 6.07 Å². The van der Waals surface area contributed by atoms with Crippen LogP contribution in [0.1, 0.15) is 35.7 Å². The van der Waals surface area contributed by atoms with E-state index in [4.69, 9.17) is 4.74 Å². The first-order valence-corrected chi connectivity index (χ1v) is 7.36. The predicted molar refractivity (Wildman–Crippen MR) is 76.5 cm³/mol. The van der Waals surface area contributed by atoms with Crippen molar-refractivity contribution in [3.8, 4) is 0 Å². The van der Waals surface area contributed by atoms with Gasteiger partial charge in [-0.05, 0) is 48.9 Å². The molecule has 1 fully saturated rings. The maximum atomic E-state index is 5.57. The summed E-state index contributed by atoms with van der Waals surface area (Å²) in [6.45, 7) is 2.57. The van der Waals surface area contributed by atoms with Gasteiger partial charge in [-0.15, -0.1) is 0 Å². The van der Waals surface area contributed by atoms with Crippen LogP contribution in [-0.2, 0) is 17.6 Å². The molecule has 3 heteroatoms. The number of benzene rings is 1. The Morgan fingerprint density at radius 1 is 1.16 bits per heavy atom. The van der Waals surface area contributed by atoms with Crippen LogP contribution < -0.4 is 5.32 Å². The molecular formula is C16H20N2O. The number of rotatable bonds is 1. The summed E-state index contributed by atoms with van der Waals surface area (Å²) in [4.78, 5) is 3.59. The van der Waals surface area contributed by atoms with Gasteiger partial charge in [-0.2, -0.15) is 0 Å². The first-order chi connectivity index (χ1) is 9.42. The van der Waals surface area contributed by atoms with Gasteiger partial charge in [0, 0.05) is 23.1 Å². The molecule has 0 bridgehead atoms. The van der Waals surface area contributed by atoms with Gasteiger partial charge in [-0.25, -0.2) is 0 Å². The third-order valence-corrected chi connectivity index (χ3v) is 4.45. The summed E-state index contributed by atoms with van der Waals surface area (Å²) >= 11 is 0. The van der Waals surface area contributed by atoms with Crippen molar-refractivity contribution in [3.63, 3.8) is 0 Å². The lowest BCUT2D eigenvalue weighted by Gasteiger charge is -2.24. The van der Waals surface area contributed by atoms with E-state index in [9.17, 15) is 0 Å². The molecule has 0 spiro atoms. The van der Waals surface area contributed by atoms with E-state index in [-0.39, 0.29) is 0 Å². The van der Waals surface area contributed by atoms with Crippen LogP contribution in [-0.4, -0.2) is 24.7 Å². The van der Waals surface area contributed by atoms with Crippen LogP contribution in [0.5, 0.6) is 0 Å².